The van der Waals surface area contributed by atoms with Crippen molar-refractivity contribution < 1.29 is 4.74 Å². The molecule has 4 heteroatoms. The summed E-state index contributed by atoms with van der Waals surface area (Å²) in [5.41, 5.74) is 1.16. The van der Waals surface area contributed by atoms with E-state index in [1.54, 1.807) is 0 Å². The van der Waals surface area contributed by atoms with Gasteiger partial charge in [0.15, 0.2) is 0 Å². The molecule has 0 spiro atoms. The molecule has 1 aromatic rings. The quantitative estimate of drug-likeness (QED) is 0.743. The maximum Gasteiger partial charge on any atom is 0.0753 e. The zero-order valence-electron chi connectivity index (χ0n) is 10.2. The molecule has 0 saturated carbocycles. The summed E-state index contributed by atoms with van der Waals surface area (Å²) in [5, 5.41) is 0.886. The molecule has 2 nitrogen and oxygen atoms in total. The van der Waals surface area contributed by atoms with E-state index in [0.717, 1.165) is 34.8 Å². The van der Waals surface area contributed by atoms with Crippen molar-refractivity contribution >= 4 is 34.2 Å². The van der Waals surface area contributed by atoms with Crippen LogP contribution >= 0.6 is 34.2 Å². The van der Waals surface area contributed by atoms with Gasteiger partial charge in [0, 0.05) is 23.2 Å². The van der Waals surface area contributed by atoms with E-state index in [1.165, 1.54) is 5.56 Å². The van der Waals surface area contributed by atoms with Crippen molar-refractivity contribution in [3.63, 3.8) is 0 Å². The number of halogens is 2. The molecule has 0 aromatic heterocycles. The summed E-state index contributed by atoms with van der Waals surface area (Å²) in [7, 11) is 0. The van der Waals surface area contributed by atoms with Crippen molar-refractivity contribution in [2.45, 2.75) is 26.0 Å². The first-order valence-corrected chi connectivity index (χ1v) is 7.23. The largest absolute Gasteiger partial charge is 0.373 e. The van der Waals surface area contributed by atoms with Crippen LogP contribution in [0, 0.1) is 3.57 Å². The predicted molar refractivity (Wildman–Crippen MR) is 79.5 cm³/mol. The van der Waals surface area contributed by atoms with Gasteiger partial charge >= 0.3 is 0 Å². The number of benzene rings is 1. The first kappa shape index (κ1) is 13.6. The smallest absolute Gasteiger partial charge is 0.0753 e. The molecule has 0 radical (unpaired) electrons. The number of rotatable bonds is 2. The van der Waals surface area contributed by atoms with Crippen molar-refractivity contribution in [3.05, 3.63) is 32.4 Å². The molecule has 1 fully saturated rings. The highest BCUT2D eigenvalue weighted by Crippen LogP contribution is 2.25. The Balaban J connectivity index is 2.08. The lowest BCUT2D eigenvalue weighted by Crippen LogP contribution is -2.47. The third kappa shape index (κ3) is 3.56. The zero-order chi connectivity index (χ0) is 12.5. The van der Waals surface area contributed by atoms with Crippen LogP contribution in [0.2, 0.25) is 5.02 Å². The van der Waals surface area contributed by atoms with Crippen LogP contribution in [0.3, 0.4) is 0 Å². The van der Waals surface area contributed by atoms with Crippen LogP contribution in [-0.2, 0) is 11.3 Å². The summed E-state index contributed by atoms with van der Waals surface area (Å²) in [6.07, 6.45) is 0. The Bertz CT molecular complexity index is 408. The van der Waals surface area contributed by atoms with Gasteiger partial charge in [-0.3, -0.25) is 4.90 Å². The van der Waals surface area contributed by atoms with E-state index in [4.69, 9.17) is 16.3 Å². The fourth-order valence-electron chi connectivity index (χ4n) is 2.16. The van der Waals surface area contributed by atoms with Crippen molar-refractivity contribution in [1.82, 2.24) is 4.90 Å². The van der Waals surface area contributed by atoms with Gasteiger partial charge in [-0.1, -0.05) is 23.7 Å². The van der Waals surface area contributed by atoms with Gasteiger partial charge in [0.2, 0.25) is 0 Å². The maximum atomic E-state index is 6.32. The standard InChI is InChI=1S/C13H17ClINO/c1-13(2)9-16(6-7-17-13)8-10-4-3-5-11(15)12(10)14/h3-5H,6-9H2,1-2H3. The second kappa shape index (κ2) is 5.43. The molecule has 17 heavy (non-hydrogen) atoms. The molecule has 1 aromatic carbocycles. The SMILES string of the molecule is CC1(C)CN(Cc2cccc(I)c2Cl)CCO1. The third-order valence-corrected chi connectivity index (χ3v) is 4.59. The molecular weight excluding hydrogens is 349 g/mol. The fraction of sp³-hybridized carbons (Fsp3) is 0.538. The number of morpholine rings is 1. The molecule has 0 unspecified atom stereocenters. The number of hydrogen-bond donors (Lipinski definition) is 0. The molecule has 2 rings (SSSR count). The monoisotopic (exact) mass is 365 g/mol. The molecule has 94 valence electrons. The second-order valence-electron chi connectivity index (χ2n) is 5.03. The third-order valence-electron chi connectivity index (χ3n) is 2.93. The molecule has 0 aliphatic carbocycles. The van der Waals surface area contributed by atoms with Gasteiger partial charge in [0.25, 0.3) is 0 Å². The highest BCUT2D eigenvalue weighted by Gasteiger charge is 2.27. The Kier molecular flexibility index (Phi) is 4.34. The summed E-state index contributed by atoms with van der Waals surface area (Å²) in [5.74, 6) is 0. The highest BCUT2D eigenvalue weighted by molar-refractivity contribution is 14.1. The van der Waals surface area contributed by atoms with Crippen molar-refractivity contribution in [2.75, 3.05) is 19.7 Å². The predicted octanol–water partition coefficient (Wildman–Crippen LogP) is 3.56. The van der Waals surface area contributed by atoms with Gasteiger partial charge in [0.05, 0.1) is 17.2 Å². The molecule has 1 saturated heterocycles. The molecule has 1 aliphatic heterocycles. The van der Waals surface area contributed by atoms with Crippen LogP contribution in [0.5, 0.6) is 0 Å². The fourth-order valence-corrected chi connectivity index (χ4v) is 2.90. The van der Waals surface area contributed by atoms with Crippen LogP contribution in [0.25, 0.3) is 0 Å². The normalized spacial score (nSPS) is 20.5. The van der Waals surface area contributed by atoms with Gasteiger partial charge in [0.1, 0.15) is 0 Å². The van der Waals surface area contributed by atoms with E-state index in [2.05, 4.69) is 53.5 Å². The van der Waals surface area contributed by atoms with Crippen molar-refractivity contribution in [3.8, 4) is 0 Å². The van der Waals surface area contributed by atoms with Crippen LogP contribution in [0.1, 0.15) is 19.4 Å². The van der Waals surface area contributed by atoms with E-state index < -0.39 is 0 Å². The van der Waals surface area contributed by atoms with Crippen LogP contribution in [0.4, 0.5) is 0 Å². The molecule has 1 heterocycles. The molecule has 0 amide bonds. The topological polar surface area (TPSA) is 12.5 Å². The number of ether oxygens (including phenoxy) is 1. The van der Waals surface area contributed by atoms with Crippen LogP contribution in [0.15, 0.2) is 18.2 Å². The first-order chi connectivity index (χ1) is 7.98. The van der Waals surface area contributed by atoms with Gasteiger partial charge in [-0.05, 0) is 48.1 Å². The van der Waals surface area contributed by atoms with Crippen LogP contribution in [-0.4, -0.2) is 30.2 Å². The van der Waals surface area contributed by atoms with Gasteiger partial charge in [-0.2, -0.15) is 0 Å². The average Bonchev–Trinajstić information content (AvgIpc) is 2.23. The lowest BCUT2D eigenvalue weighted by Gasteiger charge is -2.38. The molecule has 0 bridgehead atoms. The minimum Gasteiger partial charge on any atom is -0.373 e. The number of hydrogen-bond acceptors (Lipinski definition) is 2. The Morgan fingerprint density at radius 2 is 2.24 bits per heavy atom. The minimum atomic E-state index is -0.0489. The molecule has 0 N–H and O–H groups in total. The zero-order valence-corrected chi connectivity index (χ0v) is 13.1. The first-order valence-electron chi connectivity index (χ1n) is 5.77. The summed E-state index contributed by atoms with van der Waals surface area (Å²) in [4.78, 5) is 2.40. The van der Waals surface area contributed by atoms with E-state index in [-0.39, 0.29) is 5.60 Å². The minimum absolute atomic E-state index is 0.0489. The molecular formula is C13H17ClINO. The Morgan fingerprint density at radius 3 is 2.94 bits per heavy atom. The Morgan fingerprint density at radius 1 is 1.47 bits per heavy atom. The number of nitrogens with zero attached hydrogens (tertiary/aromatic N) is 1. The van der Waals surface area contributed by atoms with Gasteiger partial charge in [-0.25, -0.2) is 0 Å². The summed E-state index contributed by atoms with van der Waals surface area (Å²) >= 11 is 8.59. The summed E-state index contributed by atoms with van der Waals surface area (Å²) in [6.45, 7) is 7.90. The Hall–Kier alpha value is 0.160. The highest BCUT2D eigenvalue weighted by atomic mass is 127. The molecule has 1 aliphatic rings. The van der Waals surface area contributed by atoms with Gasteiger partial charge < -0.3 is 4.74 Å². The maximum absolute atomic E-state index is 6.32. The average molecular weight is 366 g/mol. The van der Waals surface area contributed by atoms with Crippen molar-refractivity contribution in [2.24, 2.45) is 0 Å². The summed E-state index contributed by atoms with van der Waals surface area (Å²) < 4.78 is 6.83. The van der Waals surface area contributed by atoms with Gasteiger partial charge in [-0.15, -0.1) is 0 Å². The van der Waals surface area contributed by atoms with E-state index in [1.807, 2.05) is 6.07 Å². The Labute approximate surface area is 121 Å². The lowest BCUT2D eigenvalue weighted by molar-refractivity contribution is -0.0882. The summed E-state index contributed by atoms with van der Waals surface area (Å²) in [6, 6.07) is 6.21. The second-order valence-corrected chi connectivity index (χ2v) is 6.57. The van der Waals surface area contributed by atoms with Crippen molar-refractivity contribution in [1.29, 1.82) is 0 Å². The van der Waals surface area contributed by atoms with E-state index in [9.17, 15) is 0 Å². The molecule has 0 atom stereocenters. The van der Waals surface area contributed by atoms with E-state index in [0.29, 0.717) is 0 Å². The van der Waals surface area contributed by atoms with Crippen LogP contribution < -0.4 is 0 Å². The lowest BCUT2D eigenvalue weighted by atomic mass is 10.1. The van der Waals surface area contributed by atoms with E-state index >= 15 is 0 Å².